The number of carbonyl (C=O) groups is 2. The Morgan fingerprint density at radius 2 is 1.84 bits per heavy atom. The Kier molecular flexibility index (Phi) is 5.39. The van der Waals surface area contributed by atoms with Gasteiger partial charge in [0, 0.05) is 12.5 Å². The highest BCUT2D eigenvalue weighted by molar-refractivity contribution is 5.78. The van der Waals surface area contributed by atoms with Gasteiger partial charge < -0.3 is 10.4 Å². The molecule has 0 saturated heterocycles. The molecule has 1 saturated carbocycles. The highest BCUT2D eigenvalue weighted by Crippen LogP contribution is 2.29. The second kappa shape index (κ2) is 6.40. The molecule has 0 radical (unpaired) electrons. The van der Waals surface area contributed by atoms with E-state index in [1.807, 2.05) is 0 Å². The number of aliphatic carboxylic acids is 1. The number of hydrogen-bond donors (Lipinski definition) is 2. The molecule has 3 atom stereocenters. The summed E-state index contributed by atoms with van der Waals surface area (Å²) in [6, 6.07) is -0.189. The molecule has 110 valence electrons. The summed E-state index contributed by atoms with van der Waals surface area (Å²) >= 11 is 0. The van der Waals surface area contributed by atoms with Crippen molar-refractivity contribution in [2.24, 2.45) is 17.3 Å². The van der Waals surface area contributed by atoms with Crippen molar-refractivity contribution in [2.45, 2.75) is 65.8 Å². The summed E-state index contributed by atoms with van der Waals surface area (Å²) in [5, 5.41) is 12.1. The third-order valence-electron chi connectivity index (χ3n) is 4.40. The first-order valence-electron chi connectivity index (χ1n) is 7.24. The Morgan fingerprint density at radius 3 is 2.37 bits per heavy atom. The van der Waals surface area contributed by atoms with Crippen LogP contribution in [0.2, 0.25) is 0 Å². The molecule has 0 aromatic heterocycles. The summed E-state index contributed by atoms with van der Waals surface area (Å²) in [6.45, 7) is 8.41. The normalized spacial score (nSPS) is 25.7. The Balaban J connectivity index is 2.53. The average Bonchev–Trinajstić information content (AvgIpc) is 2.27. The van der Waals surface area contributed by atoms with E-state index in [4.69, 9.17) is 0 Å². The van der Waals surface area contributed by atoms with Crippen molar-refractivity contribution in [1.82, 2.24) is 5.32 Å². The molecule has 19 heavy (non-hydrogen) atoms. The van der Waals surface area contributed by atoms with E-state index in [-0.39, 0.29) is 23.3 Å². The lowest BCUT2D eigenvalue weighted by Crippen LogP contribution is -2.45. The summed E-state index contributed by atoms with van der Waals surface area (Å²) in [4.78, 5) is 23.2. The number of carbonyl (C=O) groups excluding carboxylic acids is 1. The quantitative estimate of drug-likeness (QED) is 0.824. The lowest BCUT2D eigenvalue weighted by atomic mass is 9.79. The molecule has 0 aromatic rings. The number of hydrogen-bond acceptors (Lipinski definition) is 2. The molecule has 0 aromatic carbocycles. The largest absolute Gasteiger partial charge is 0.481 e. The fraction of sp³-hybridized carbons (Fsp3) is 0.867. The number of rotatable bonds is 4. The minimum Gasteiger partial charge on any atom is -0.481 e. The predicted molar refractivity (Wildman–Crippen MR) is 74.8 cm³/mol. The minimum absolute atomic E-state index is 0.0134. The first-order chi connectivity index (χ1) is 8.71. The van der Waals surface area contributed by atoms with E-state index in [1.54, 1.807) is 0 Å². The Morgan fingerprint density at radius 1 is 1.26 bits per heavy atom. The summed E-state index contributed by atoms with van der Waals surface area (Å²) < 4.78 is 0. The van der Waals surface area contributed by atoms with Crippen LogP contribution in [0.15, 0.2) is 0 Å². The van der Waals surface area contributed by atoms with Gasteiger partial charge in [-0.15, -0.1) is 0 Å². The van der Waals surface area contributed by atoms with Gasteiger partial charge in [-0.05, 0) is 24.2 Å². The van der Waals surface area contributed by atoms with Gasteiger partial charge in [0.25, 0.3) is 0 Å². The molecule has 0 aliphatic heterocycles. The molecule has 3 unspecified atom stereocenters. The molecule has 1 fully saturated rings. The van der Waals surface area contributed by atoms with Crippen LogP contribution in [-0.2, 0) is 9.59 Å². The van der Waals surface area contributed by atoms with Crippen LogP contribution in [0.5, 0.6) is 0 Å². The molecule has 0 bridgehead atoms. The molecule has 1 rings (SSSR count). The topological polar surface area (TPSA) is 66.4 Å². The van der Waals surface area contributed by atoms with E-state index >= 15 is 0 Å². The molecule has 4 nitrogen and oxygen atoms in total. The maximum absolute atomic E-state index is 12.0. The average molecular weight is 269 g/mol. The third-order valence-corrected chi connectivity index (χ3v) is 4.40. The van der Waals surface area contributed by atoms with Crippen LogP contribution in [0.25, 0.3) is 0 Å². The van der Waals surface area contributed by atoms with Crippen molar-refractivity contribution < 1.29 is 14.7 Å². The van der Waals surface area contributed by atoms with Gasteiger partial charge in [-0.25, -0.2) is 0 Å². The van der Waals surface area contributed by atoms with Crippen molar-refractivity contribution in [1.29, 1.82) is 0 Å². The SMILES string of the molecule is CC(CC(=O)NC1CCCCC1C(=O)O)C(C)(C)C. The zero-order chi connectivity index (χ0) is 14.6. The Bertz CT molecular complexity index is 333. The van der Waals surface area contributed by atoms with Crippen LogP contribution >= 0.6 is 0 Å². The molecule has 0 heterocycles. The van der Waals surface area contributed by atoms with Gasteiger partial charge in [-0.3, -0.25) is 9.59 Å². The lowest BCUT2D eigenvalue weighted by molar-refractivity contribution is -0.144. The standard InChI is InChI=1S/C15H27NO3/c1-10(15(2,3)4)9-13(17)16-12-8-6-5-7-11(12)14(18)19/h10-12H,5-9H2,1-4H3,(H,16,17)(H,18,19). The molecular formula is C15H27NO3. The van der Waals surface area contributed by atoms with E-state index in [1.165, 1.54) is 0 Å². The van der Waals surface area contributed by atoms with Crippen LogP contribution in [0, 0.1) is 17.3 Å². The van der Waals surface area contributed by atoms with Gasteiger partial charge in [-0.2, -0.15) is 0 Å². The van der Waals surface area contributed by atoms with E-state index < -0.39 is 11.9 Å². The summed E-state index contributed by atoms with van der Waals surface area (Å²) in [5.41, 5.74) is 0.0934. The molecule has 4 heteroatoms. The van der Waals surface area contributed by atoms with Crippen LogP contribution < -0.4 is 5.32 Å². The van der Waals surface area contributed by atoms with Crippen molar-refractivity contribution in [2.75, 3.05) is 0 Å². The third kappa shape index (κ3) is 4.84. The molecule has 1 aliphatic carbocycles. The second-order valence-electron chi connectivity index (χ2n) is 6.87. The van der Waals surface area contributed by atoms with Crippen molar-refractivity contribution >= 4 is 11.9 Å². The number of nitrogens with one attached hydrogen (secondary N) is 1. The van der Waals surface area contributed by atoms with E-state index in [9.17, 15) is 14.7 Å². The van der Waals surface area contributed by atoms with Gasteiger partial charge in [-0.1, -0.05) is 40.5 Å². The summed E-state index contributed by atoms with van der Waals surface area (Å²) in [5.74, 6) is -0.934. The first kappa shape index (κ1) is 16.0. The van der Waals surface area contributed by atoms with Gasteiger partial charge in [0.2, 0.25) is 5.91 Å². The van der Waals surface area contributed by atoms with Gasteiger partial charge in [0.1, 0.15) is 0 Å². The predicted octanol–water partition coefficient (Wildman–Crippen LogP) is 2.82. The van der Waals surface area contributed by atoms with Gasteiger partial charge >= 0.3 is 5.97 Å². The van der Waals surface area contributed by atoms with E-state index in [0.717, 1.165) is 19.3 Å². The molecular weight excluding hydrogens is 242 g/mol. The summed E-state index contributed by atoms with van der Waals surface area (Å²) in [6.07, 6.45) is 3.87. The zero-order valence-corrected chi connectivity index (χ0v) is 12.5. The minimum atomic E-state index is -0.783. The maximum atomic E-state index is 12.0. The van der Waals surface area contributed by atoms with Gasteiger partial charge in [0.15, 0.2) is 0 Å². The van der Waals surface area contributed by atoms with Crippen molar-refractivity contribution in [3.8, 4) is 0 Å². The van der Waals surface area contributed by atoms with Crippen LogP contribution in [0.1, 0.15) is 59.8 Å². The van der Waals surface area contributed by atoms with E-state index in [0.29, 0.717) is 12.8 Å². The van der Waals surface area contributed by atoms with Crippen molar-refractivity contribution in [3.63, 3.8) is 0 Å². The van der Waals surface area contributed by atoms with Crippen molar-refractivity contribution in [3.05, 3.63) is 0 Å². The Labute approximate surface area is 116 Å². The van der Waals surface area contributed by atoms with Crippen LogP contribution in [-0.4, -0.2) is 23.0 Å². The molecule has 2 N–H and O–H groups in total. The summed E-state index contributed by atoms with van der Waals surface area (Å²) in [7, 11) is 0. The van der Waals surface area contributed by atoms with Gasteiger partial charge in [0.05, 0.1) is 5.92 Å². The zero-order valence-electron chi connectivity index (χ0n) is 12.5. The lowest BCUT2D eigenvalue weighted by Gasteiger charge is -2.31. The van der Waals surface area contributed by atoms with E-state index in [2.05, 4.69) is 33.0 Å². The smallest absolute Gasteiger partial charge is 0.308 e. The fourth-order valence-electron chi connectivity index (χ4n) is 2.45. The Hall–Kier alpha value is -1.06. The number of carboxylic acids is 1. The number of amides is 1. The van der Waals surface area contributed by atoms with Crippen LogP contribution in [0.3, 0.4) is 0 Å². The second-order valence-corrected chi connectivity index (χ2v) is 6.87. The molecule has 0 spiro atoms. The van der Waals surface area contributed by atoms with Crippen LogP contribution in [0.4, 0.5) is 0 Å². The highest BCUT2D eigenvalue weighted by atomic mass is 16.4. The first-order valence-corrected chi connectivity index (χ1v) is 7.24. The monoisotopic (exact) mass is 269 g/mol. The molecule has 1 amide bonds. The number of carboxylic acid groups (broad SMARTS) is 1. The molecule has 1 aliphatic rings. The highest BCUT2D eigenvalue weighted by Gasteiger charge is 2.32. The maximum Gasteiger partial charge on any atom is 0.308 e. The fourth-order valence-corrected chi connectivity index (χ4v) is 2.45.